The van der Waals surface area contributed by atoms with Crippen LogP contribution in [-0.4, -0.2) is 19.9 Å². The summed E-state index contributed by atoms with van der Waals surface area (Å²) in [5.41, 5.74) is 13.5. The van der Waals surface area contributed by atoms with E-state index in [9.17, 15) is 0 Å². The first-order valence-corrected chi connectivity index (χ1v) is 18.5. The molecule has 2 heterocycles. The van der Waals surface area contributed by atoms with Crippen LogP contribution in [0.3, 0.4) is 0 Å². The summed E-state index contributed by atoms with van der Waals surface area (Å²) in [6.07, 6.45) is 0. The predicted molar refractivity (Wildman–Crippen MR) is 226 cm³/mol. The average Bonchev–Trinajstić information content (AvgIpc) is 3.27. The summed E-state index contributed by atoms with van der Waals surface area (Å²) >= 11 is 6.87. The fraction of sp³-hybridized carbons (Fsp3) is 0. The van der Waals surface area contributed by atoms with E-state index < -0.39 is 0 Å². The lowest BCUT2D eigenvalue weighted by atomic mass is 9.96. The molecular formula is C50H33ClN4. The highest BCUT2D eigenvalue weighted by Gasteiger charge is 2.14. The molecule has 260 valence electrons. The lowest BCUT2D eigenvalue weighted by Gasteiger charge is -2.12. The Labute approximate surface area is 325 Å². The van der Waals surface area contributed by atoms with Crippen molar-refractivity contribution >= 4 is 11.6 Å². The predicted octanol–water partition coefficient (Wildman–Crippen LogP) is 13.3. The lowest BCUT2D eigenvalue weighted by Crippen LogP contribution is -1.96. The van der Waals surface area contributed by atoms with Crippen LogP contribution < -0.4 is 0 Å². The second-order valence-corrected chi connectivity index (χ2v) is 13.7. The number of benzene rings is 7. The van der Waals surface area contributed by atoms with E-state index in [1.807, 2.05) is 97.1 Å². The van der Waals surface area contributed by atoms with Gasteiger partial charge >= 0.3 is 0 Å². The fourth-order valence-electron chi connectivity index (χ4n) is 6.78. The van der Waals surface area contributed by atoms with E-state index >= 15 is 0 Å². The third-order valence-electron chi connectivity index (χ3n) is 9.54. The number of rotatable bonds is 8. The van der Waals surface area contributed by atoms with Crippen LogP contribution in [0, 0.1) is 0 Å². The Morgan fingerprint density at radius 3 is 1.00 bits per heavy atom. The average molecular weight is 725 g/mol. The number of hydrogen-bond acceptors (Lipinski definition) is 4. The maximum atomic E-state index is 6.87. The summed E-state index contributed by atoms with van der Waals surface area (Å²) in [6.45, 7) is 0. The Bertz CT molecular complexity index is 2450. The zero-order chi connectivity index (χ0) is 37.0. The molecule has 0 aliphatic rings. The van der Waals surface area contributed by atoms with Crippen molar-refractivity contribution in [1.82, 2.24) is 19.9 Å². The van der Waals surface area contributed by atoms with Crippen molar-refractivity contribution < 1.29 is 0 Å². The molecule has 0 saturated carbocycles. The highest BCUT2D eigenvalue weighted by Crippen LogP contribution is 2.35. The molecular weight excluding hydrogens is 692 g/mol. The van der Waals surface area contributed by atoms with E-state index in [0.29, 0.717) is 16.7 Å². The first-order chi connectivity index (χ1) is 27.1. The van der Waals surface area contributed by atoms with Gasteiger partial charge in [0.1, 0.15) is 0 Å². The molecule has 9 aromatic rings. The first kappa shape index (κ1) is 33.8. The molecule has 0 spiro atoms. The molecule has 0 unspecified atom stereocenters. The fourth-order valence-corrected chi connectivity index (χ4v) is 7.01. The monoisotopic (exact) mass is 724 g/mol. The first-order valence-electron chi connectivity index (χ1n) is 18.2. The molecule has 7 aromatic carbocycles. The van der Waals surface area contributed by atoms with Gasteiger partial charge in [-0.15, -0.1) is 0 Å². The number of hydrogen-bond donors (Lipinski definition) is 0. The molecule has 0 radical (unpaired) electrons. The van der Waals surface area contributed by atoms with Crippen LogP contribution >= 0.6 is 11.6 Å². The van der Waals surface area contributed by atoms with Gasteiger partial charge in [0.15, 0.2) is 11.6 Å². The molecule has 4 nitrogen and oxygen atoms in total. The quantitative estimate of drug-likeness (QED) is 0.157. The summed E-state index contributed by atoms with van der Waals surface area (Å²) < 4.78 is 0. The lowest BCUT2D eigenvalue weighted by molar-refractivity contribution is 1.18. The van der Waals surface area contributed by atoms with Crippen molar-refractivity contribution in [3.8, 4) is 90.1 Å². The van der Waals surface area contributed by atoms with Gasteiger partial charge in [-0.05, 0) is 64.7 Å². The van der Waals surface area contributed by atoms with Crippen LogP contribution in [-0.2, 0) is 0 Å². The second kappa shape index (κ2) is 15.2. The molecule has 0 bridgehead atoms. The molecule has 0 aliphatic carbocycles. The Balaban J connectivity index is 1.10. The van der Waals surface area contributed by atoms with Gasteiger partial charge in [0, 0.05) is 38.4 Å². The highest BCUT2D eigenvalue weighted by atomic mass is 35.5. The molecule has 0 amide bonds. The van der Waals surface area contributed by atoms with Crippen molar-refractivity contribution in [3.63, 3.8) is 0 Å². The number of nitrogens with zero attached hydrogens (tertiary/aromatic N) is 4. The third-order valence-corrected chi connectivity index (χ3v) is 9.75. The van der Waals surface area contributed by atoms with Gasteiger partial charge in [0.05, 0.1) is 22.8 Å². The molecule has 0 aliphatic heterocycles. The van der Waals surface area contributed by atoms with Crippen LogP contribution in [0.4, 0.5) is 0 Å². The minimum absolute atomic E-state index is 0.650. The summed E-state index contributed by atoms with van der Waals surface area (Å²) in [5.74, 6) is 1.34. The van der Waals surface area contributed by atoms with Gasteiger partial charge in [0.2, 0.25) is 0 Å². The van der Waals surface area contributed by atoms with Crippen LogP contribution in [0.15, 0.2) is 200 Å². The number of aromatic nitrogens is 4. The highest BCUT2D eigenvalue weighted by molar-refractivity contribution is 6.31. The SMILES string of the molecule is Clc1cc(-c2cccc(-c3cc(-c4ccccc4)nc(-c4ccccc4)n3)c2)cc(-c2cccc(-c3nc(-c4ccccc4)cc(-c4ccccc4)n3)c2)c1. The normalized spacial score (nSPS) is 11.0. The second-order valence-electron chi connectivity index (χ2n) is 13.3. The van der Waals surface area contributed by atoms with E-state index in [2.05, 4.69) is 103 Å². The van der Waals surface area contributed by atoms with Crippen molar-refractivity contribution in [2.75, 3.05) is 0 Å². The maximum Gasteiger partial charge on any atom is 0.160 e. The minimum atomic E-state index is 0.650. The van der Waals surface area contributed by atoms with Crippen molar-refractivity contribution in [3.05, 3.63) is 205 Å². The summed E-state index contributed by atoms with van der Waals surface area (Å²) in [4.78, 5) is 20.1. The Kier molecular flexibility index (Phi) is 9.31. The van der Waals surface area contributed by atoms with Crippen molar-refractivity contribution in [1.29, 1.82) is 0 Å². The zero-order valence-electron chi connectivity index (χ0n) is 29.7. The summed E-state index contributed by atoms with van der Waals surface area (Å²) in [6, 6.07) is 67.9. The van der Waals surface area contributed by atoms with Gasteiger partial charge in [-0.2, -0.15) is 0 Å². The van der Waals surface area contributed by atoms with Crippen LogP contribution in [0.5, 0.6) is 0 Å². The van der Waals surface area contributed by atoms with Gasteiger partial charge < -0.3 is 0 Å². The Morgan fingerprint density at radius 1 is 0.236 bits per heavy atom. The zero-order valence-corrected chi connectivity index (χ0v) is 30.5. The molecule has 55 heavy (non-hydrogen) atoms. The number of halogens is 1. The van der Waals surface area contributed by atoms with Gasteiger partial charge in [0.25, 0.3) is 0 Å². The van der Waals surface area contributed by atoms with E-state index in [-0.39, 0.29) is 0 Å². The van der Waals surface area contributed by atoms with Crippen LogP contribution in [0.1, 0.15) is 0 Å². The smallest absolute Gasteiger partial charge is 0.160 e. The van der Waals surface area contributed by atoms with Gasteiger partial charge in [-0.25, -0.2) is 19.9 Å². The minimum Gasteiger partial charge on any atom is -0.228 e. The summed E-state index contributed by atoms with van der Waals surface area (Å²) in [7, 11) is 0. The Hall–Kier alpha value is -7.01. The van der Waals surface area contributed by atoms with Crippen molar-refractivity contribution in [2.24, 2.45) is 0 Å². The molecule has 0 saturated heterocycles. The third kappa shape index (κ3) is 7.45. The standard InChI is InChI=1S/C50H33ClN4/c51-44-30-42(38-23-13-25-40(27-38)48-33-47(36-19-9-3-10-20-36)52-49(55-48)37-21-11-4-12-22-37)29-43(31-44)39-24-14-26-41(28-39)50-53-45(34-15-5-1-6-16-34)32-46(54-50)35-17-7-2-8-18-35/h1-33H. The van der Waals surface area contributed by atoms with E-state index in [1.165, 1.54) is 0 Å². The van der Waals surface area contributed by atoms with Gasteiger partial charge in [-0.3, -0.25) is 0 Å². The van der Waals surface area contributed by atoms with E-state index in [0.717, 1.165) is 78.4 Å². The maximum absolute atomic E-state index is 6.87. The molecule has 2 aromatic heterocycles. The van der Waals surface area contributed by atoms with E-state index in [4.69, 9.17) is 31.5 Å². The molecule has 0 atom stereocenters. The van der Waals surface area contributed by atoms with Crippen molar-refractivity contribution in [2.45, 2.75) is 0 Å². The van der Waals surface area contributed by atoms with E-state index in [1.54, 1.807) is 0 Å². The summed E-state index contributed by atoms with van der Waals surface area (Å²) in [5, 5.41) is 0.650. The largest absolute Gasteiger partial charge is 0.228 e. The van der Waals surface area contributed by atoms with Crippen LogP contribution in [0.25, 0.3) is 90.1 Å². The molecule has 0 N–H and O–H groups in total. The van der Waals surface area contributed by atoms with Gasteiger partial charge in [-0.1, -0.05) is 169 Å². The molecule has 9 rings (SSSR count). The molecule has 0 fully saturated rings. The topological polar surface area (TPSA) is 51.6 Å². The molecule has 5 heteroatoms. The van der Waals surface area contributed by atoms with Crippen LogP contribution in [0.2, 0.25) is 5.02 Å². The Morgan fingerprint density at radius 2 is 0.545 bits per heavy atom.